The highest BCUT2D eigenvalue weighted by molar-refractivity contribution is 5.32. The van der Waals surface area contributed by atoms with E-state index in [-0.39, 0.29) is 0 Å². The summed E-state index contributed by atoms with van der Waals surface area (Å²) < 4.78 is 5.43. The van der Waals surface area contributed by atoms with Crippen LogP contribution in [0.1, 0.15) is 57.4 Å². The van der Waals surface area contributed by atoms with Crippen molar-refractivity contribution in [1.82, 2.24) is 5.32 Å². The molecule has 2 atom stereocenters. The molecule has 0 heterocycles. The lowest BCUT2D eigenvalue weighted by molar-refractivity contribution is 0.159. The number of hydrogen-bond acceptors (Lipinski definition) is 2. The van der Waals surface area contributed by atoms with Gasteiger partial charge in [-0.2, -0.15) is 0 Å². The normalized spacial score (nSPS) is 28.3. The summed E-state index contributed by atoms with van der Waals surface area (Å²) >= 11 is 0. The molecule has 0 amide bonds. The van der Waals surface area contributed by atoms with Gasteiger partial charge in [0.25, 0.3) is 0 Å². The summed E-state index contributed by atoms with van der Waals surface area (Å²) in [5.41, 5.74) is 1.92. The van der Waals surface area contributed by atoms with Gasteiger partial charge < -0.3 is 10.1 Å². The number of benzene rings is 1. The van der Waals surface area contributed by atoms with Crippen molar-refractivity contribution in [2.45, 2.75) is 57.9 Å². The molecule has 2 aliphatic rings. The minimum Gasteiger partial charge on any atom is -0.497 e. The van der Waals surface area contributed by atoms with Gasteiger partial charge in [-0.3, -0.25) is 0 Å². The predicted molar refractivity (Wildman–Crippen MR) is 87.9 cm³/mol. The fourth-order valence-corrected chi connectivity index (χ4v) is 3.75. The second-order valence-corrected chi connectivity index (χ2v) is 7.73. The minimum absolute atomic E-state index is 0.462. The molecule has 2 fully saturated rings. The van der Waals surface area contributed by atoms with Gasteiger partial charge in [-0.15, -0.1) is 0 Å². The lowest BCUT2D eigenvalue weighted by atomic mass is 9.65. The second-order valence-electron chi connectivity index (χ2n) is 7.73. The van der Waals surface area contributed by atoms with Gasteiger partial charge in [0.05, 0.1) is 7.11 Å². The Morgan fingerprint density at radius 2 is 2.05 bits per heavy atom. The molecule has 2 nitrogen and oxygen atoms in total. The Hall–Kier alpha value is -1.02. The number of ether oxygens (including phenoxy) is 1. The molecular formula is C19H29NO. The largest absolute Gasteiger partial charge is 0.497 e. The molecule has 0 saturated heterocycles. The van der Waals surface area contributed by atoms with Gasteiger partial charge in [-0.25, -0.2) is 0 Å². The highest BCUT2D eigenvalue weighted by Gasteiger charge is 2.36. The third-order valence-corrected chi connectivity index (χ3v) is 5.30. The third-order valence-electron chi connectivity index (χ3n) is 5.30. The highest BCUT2D eigenvalue weighted by atomic mass is 16.5. The van der Waals surface area contributed by atoms with Gasteiger partial charge in [0.15, 0.2) is 0 Å². The van der Waals surface area contributed by atoms with Crippen molar-refractivity contribution in [3.05, 3.63) is 29.8 Å². The highest BCUT2D eigenvalue weighted by Crippen LogP contribution is 2.47. The van der Waals surface area contributed by atoms with Crippen molar-refractivity contribution >= 4 is 0 Å². The van der Waals surface area contributed by atoms with Crippen LogP contribution in [-0.2, 0) is 0 Å². The monoisotopic (exact) mass is 287 g/mol. The molecule has 3 rings (SSSR count). The molecule has 1 aromatic carbocycles. The topological polar surface area (TPSA) is 21.3 Å². The van der Waals surface area contributed by atoms with Crippen molar-refractivity contribution in [2.24, 2.45) is 11.3 Å². The number of rotatable bonds is 5. The van der Waals surface area contributed by atoms with Crippen LogP contribution >= 0.6 is 0 Å². The fourth-order valence-electron chi connectivity index (χ4n) is 3.75. The molecule has 0 radical (unpaired) electrons. The van der Waals surface area contributed by atoms with Crippen molar-refractivity contribution in [3.8, 4) is 5.75 Å². The Bertz CT molecular complexity index is 476. The molecule has 21 heavy (non-hydrogen) atoms. The van der Waals surface area contributed by atoms with Crippen LogP contribution in [0.15, 0.2) is 24.3 Å². The Kier molecular flexibility index (Phi) is 4.26. The summed E-state index contributed by atoms with van der Waals surface area (Å²) in [5.74, 6) is 2.42. The second kappa shape index (κ2) is 6.00. The van der Waals surface area contributed by atoms with Crippen LogP contribution in [0, 0.1) is 11.3 Å². The zero-order chi connectivity index (χ0) is 14.9. The summed E-state index contributed by atoms with van der Waals surface area (Å²) in [5, 5.41) is 3.75. The van der Waals surface area contributed by atoms with E-state index in [1.807, 2.05) is 0 Å². The molecule has 2 saturated carbocycles. The maximum absolute atomic E-state index is 5.43. The lowest BCUT2D eigenvalue weighted by Crippen LogP contribution is -2.35. The van der Waals surface area contributed by atoms with Gasteiger partial charge in [0.1, 0.15) is 5.75 Å². The van der Waals surface area contributed by atoms with E-state index in [0.29, 0.717) is 11.3 Å². The zero-order valence-corrected chi connectivity index (χ0v) is 13.7. The number of methoxy groups -OCH3 is 1. The van der Waals surface area contributed by atoms with Crippen LogP contribution < -0.4 is 10.1 Å². The fraction of sp³-hybridized carbons (Fsp3) is 0.684. The van der Waals surface area contributed by atoms with Gasteiger partial charge in [-0.1, -0.05) is 26.0 Å². The first-order valence-electron chi connectivity index (χ1n) is 8.45. The molecule has 0 bridgehead atoms. The lowest BCUT2D eigenvalue weighted by Gasteiger charge is -2.41. The third kappa shape index (κ3) is 3.79. The Labute approximate surface area is 129 Å². The summed E-state index contributed by atoms with van der Waals surface area (Å²) in [6, 6.07) is 9.54. The molecule has 0 aliphatic heterocycles. The van der Waals surface area contributed by atoms with E-state index in [1.165, 1.54) is 44.2 Å². The van der Waals surface area contributed by atoms with Crippen LogP contribution in [0.4, 0.5) is 0 Å². The number of nitrogens with one attached hydrogen (secondary N) is 1. The smallest absolute Gasteiger partial charge is 0.119 e. The van der Waals surface area contributed by atoms with E-state index >= 15 is 0 Å². The molecular weight excluding hydrogens is 258 g/mol. The molecule has 0 spiro atoms. The molecule has 2 heteroatoms. The van der Waals surface area contributed by atoms with Crippen molar-refractivity contribution in [2.75, 3.05) is 13.7 Å². The quantitative estimate of drug-likeness (QED) is 0.869. The van der Waals surface area contributed by atoms with E-state index < -0.39 is 0 Å². The molecule has 116 valence electrons. The SMILES string of the molecule is COc1cccc(C2CC(C)(C)CCC2CNC2CC2)c1. The maximum Gasteiger partial charge on any atom is 0.119 e. The Morgan fingerprint density at radius 1 is 1.24 bits per heavy atom. The van der Waals surface area contributed by atoms with Crippen LogP contribution in [0.3, 0.4) is 0 Å². The van der Waals surface area contributed by atoms with Crippen molar-refractivity contribution in [3.63, 3.8) is 0 Å². The van der Waals surface area contributed by atoms with Gasteiger partial charge in [0.2, 0.25) is 0 Å². The Morgan fingerprint density at radius 3 is 2.76 bits per heavy atom. The average molecular weight is 287 g/mol. The van der Waals surface area contributed by atoms with E-state index in [2.05, 4.69) is 43.4 Å². The van der Waals surface area contributed by atoms with Crippen molar-refractivity contribution in [1.29, 1.82) is 0 Å². The van der Waals surface area contributed by atoms with E-state index in [4.69, 9.17) is 4.74 Å². The van der Waals surface area contributed by atoms with Gasteiger partial charge in [-0.05, 0) is 73.6 Å². The van der Waals surface area contributed by atoms with Gasteiger partial charge in [0, 0.05) is 6.04 Å². The standard InChI is InChI=1S/C19H29NO/c1-19(2)10-9-15(13-20-16-7-8-16)18(12-19)14-5-4-6-17(11-14)21-3/h4-6,11,15-16,18,20H,7-10,12-13H2,1-3H3. The van der Waals surface area contributed by atoms with E-state index in [9.17, 15) is 0 Å². The van der Waals surface area contributed by atoms with Crippen LogP contribution in [0.2, 0.25) is 0 Å². The van der Waals surface area contributed by atoms with Crippen LogP contribution in [0.5, 0.6) is 5.75 Å². The summed E-state index contributed by atoms with van der Waals surface area (Å²) in [7, 11) is 1.76. The van der Waals surface area contributed by atoms with Crippen LogP contribution in [0.25, 0.3) is 0 Å². The molecule has 1 N–H and O–H groups in total. The molecule has 2 unspecified atom stereocenters. The Balaban J connectivity index is 1.77. The van der Waals surface area contributed by atoms with Crippen LogP contribution in [-0.4, -0.2) is 19.7 Å². The van der Waals surface area contributed by atoms with Crippen molar-refractivity contribution < 1.29 is 4.74 Å². The maximum atomic E-state index is 5.43. The summed E-state index contributed by atoms with van der Waals surface area (Å²) in [4.78, 5) is 0. The minimum atomic E-state index is 0.462. The summed E-state index contributed by atoms with van der Waals surface area (Å²) in [6.45, 7) is 6.03. The first-order chi connectivity index (χ1) is 10.1. The van der Waals surface area contributed by atoms with E-state index in [1.54, 1.807) is 7.11 Å². The predicted octanol–water partition coefficient (Wildman–Crippen LogP) is 4.36. The first-order valence-corrected chi connectivity index (χ1v) is 8.45. The van der Waals surface area contributed by atoms with Gasteiger partial charge >= 0.3 is 0 Å². The molecule has 1 aromatic rings. The summed E-state index contributed by atoms with van der Waals surface area (Å²) in [6.07, 6.45) is 6.74. The zero-order valence-electron chi connectivity index (χ0n) is 13.7. The molecule has 0 aromatic heterocycles. The number of hydrogen-bond donors (Lipinski definition) is 1. The van der Waals surface area contributed by atoms with E-state index in [0.717, 1.165) is 17.7 Å². The molecule has 2 aliphatic carbocycles. The first kappa shape index (κ1) is 14.9. The average Bonchev–Trinajstić information content (AvgIpc) is 3.29.